The van der Waals surface area contributed by atoms with E-state index in [4.69, 9.17) is 4.74 Å². The number of rotatable bonds is 7. The van der Waals surface area contributed by atoms with E-state index in [1.807, 2.05) is 6.92 Å². The zero-order valence-electron chi connectivity index (χ0n) is 16.9. The molecule has 1 saturated heterocycles. The fourth-order valence-electron chi connectivity index (χ4n) is 3.02. The van der Waals surface area contributed by atoms with E-state index in [2.05, 4.69) is 5.32 Å². The van der Waals surface area contributed by atoms with Crippen molar-refractivity contribution in [1.82, 2.24) is 4.31 Å². The second-order valence-electron chi connectivity index (χ2n) is 7.09. The highest BCUT2D eigenvalue weighted by atomic mass is 32.2. The fourth-order valence-corrected chi connectivity index (χ4v) is 5.76. The minimum atomic E-state index is -4.09. The van der Waals surface area contributed by atoms with Gasteiger partial charge in [-0.2, -0.15) is 4.31 Å². The van der Waals surface area contributed by atoms with E-state index in [0.717, 1.165) is 22.0 Å². The van der Waals surface area contributed by atoms with Crippen molar-refractivity contribution in [3.8, 4) is 0 Å². The third-order valence-corrected chi connectivity index (χ3v) is 8.43. The van der Waals surface area contributed by atoms with Gasteiger partial charge in [-0.3, -0.25) is 4.79 Å². The van der Waals surface area contributed by atoms with E-state index in [0.29, 0.717) is 0 Å². The Morgan fingerprint density at radius 1 is 1.06 bits per heavy atom. The van der Waals surface area contributed by atoms with Gasteiger partial charge in [0.15, 0.2) is 9.84 Å². The van der Waals surface area contributed by atoms with E-state index in [-0.39, 0.29) is 43.3 Å². The highest BCUT2D eigenvalue weighted by molar-refractivity contribution is 7.91. The van der Waals surface area contributed by atoms with Gasteiger partial charge in [0.2, 0.25) is 15.9 Å². The van der Waals surface area contributed by atoms with Crippen LogP contribution in [0.15, 0.2) is 52.3 Å². The number of hydrogen-bond donors (Lipinski definition) is 1. The molecule has 31 heavy (non-hydrogen) atoms. The largest absolute Gasteiger partial charge is 0.379 e. The van der Waals surface area contributed by atoms with Crippen LogP contribution in [0.4, 0.5) is 10.1 Å². The summed E-state index contributed by atoms with van der Waals surface area (Å²) in [5.74, 6) is -1.98. The molecule has 0 saturated carbocycles. The zero-order chi connectivity index (χ0) is 22.6. The first-order valence-corrected chi connectivity index (χ1v) is 12.7. The molecule has 0 atom stereocenters. The first-order chi connectivity index (χ1) is 14.6. The molecule has 0 radical (unpaired) electrons. The maximum atomic E-state index is 14.2. The molecule has 1 fully saturated rings. The smallest absolute Gasteiger partial charge is 0.246 e. The molecule has 1 N–H and O–H groups in total. The summed E-state index contributed by atoms with van der Waals surface area (Å²) in [6, 6.07) is 9.50. The van der Waals surface area contributed by atoms with E-state index in [1.54, 1.807) is 12.1 Å². The molecule has 1 aliphatic heterocycles. The van der Waals surface area contributed by atoms with Gasteiger partial charge in [0.1, 0.15) is 10.7 Å². The summed E-state index contributed by atoms with van der Waals surface area (Å²) in [7, 11) is -7.75. The van der Waals surface area contributed by atoms with Crippen molar-refractivity contribution in [2.45, 2.75) is 23.1 Å². The lowest BCUT2D eigenvalue weighted by Crippen LogP contribution is -2.40. The minimum absolute atomic E-state index is 0.0611. The number of carbonyl (C=O) groups excluding carboxylic acids is 1. The number of carbonyl (C=O) groups is 1. The van der Waals surface area contributed by atoms with Crippen molar-refractivity contribution in [1.29, 1.82) is 0 Å². The Labute approximate surface area is 181 Å². The summed E-state index contributed by atoms with van der Waals surface area (Å²) in [5.41, 5.74) is 0.974. The molecule has 2 aromatic carbocycles. The summed E-state index contributed by atoms with van der Waals surface area (Å²) in [6.45, 7) is 2.48. The van der Waals surface area contributed by atoms with Crippen LogP contribution in [0.5, 0.6) is 0 Å². The number of aryl methyl sites for hydroxylation is 1. The highest BCUT2D eigenvalue weighted by Gasteiger charge is 2.29. The Bertz CT molecular complexity index is 1160. The van der Waals surface area contributed by atoms with Crippen molar-refractivity contribution in [3.63, 3.8) is 0 Å². The first-order valence-electron chi connectivity index (χ1n) is 9.56. The molecule has 0 spiro atoms. The second kappa shape index (κ2) is 9.43. The Balaban J connectivity index is 1.69. The van der Waals surface area contributed by atoms with Crippen LogP contribution in [0.1, 0.15) is 12.0 Å². The van der Waals surface area contributed by atoms with Crippen LogP contribution in [0.25, 0.3) is 0 Å². The molecule has 11 heteroatoms. The number of morpholine rings is 1. The summed E-state index contributed by atoms with van der Waals surface area (Å²) in [6.07, 6.45) is -0.334. The molecule has 3 rings (SSSR count). The lowest BCUT2D eigenvalue weighted by molar-refractivity contribution is -0.115. The molecule has 2 aromatic rings. The minimum Gasteiger partial charge on any atom is -0.379 e. The number of sulfone groups is 1. The van der Waals surface area contributed by atoms with Crippen LogP contribution in [-0.4, -0.2) is 59.1 Å². The van der Waals surface area contributed by atoms with Crippen LogP contribution < -0.4 is 5.32 Å². The number of nitrogens with zero attached hydrogens (tertiary/aromatic N) is 1. The zero-order valence-corrected chi connectivity index (χ0v) is 18.5. The Hall–Kier alpha value is -2.34. The summed E-state index contributed by atoms with van der Waals surface area (Å²) >= 11 is 0. The van der Waals surface area contributed by atoms with Crippen molar-refractivity contribution in [2.24, 2.45) is 0 Å². The number of nitrogens with one attached hydrogen (secondary N) is 1. The standard InChI is InChI=1S/C20H23FN2O6S2/c1-15-2-5-17(6-3-15)30(25,26)13-8-20(24)22-16-4-7-18(21)19(14-16)31(27,28)23-9-11-29-12-10-23/h2-7,14H,8-13H2,1H3,(H,22,24). The van der Waals surface area contributed by atoms with Crippen LogP contribution in [0.2, 0.25) is 0 Å². The number of hydrogen-bond acceptors (Lipinski definition) is 6. The Kier molecular flexibility index (Phi) is 7.10. The maximum absolute atomic E-state index is 14.2. The van der Waals surface area contributed by atoms with E-state index in [1.165, 1.54) is 18.2 Å². The molecule has 1 aliphatic rings. The lowest BCUT2D eigenvalue weighted by Gasteiger charge is -2.26. The maximum Gasteiger partial charge on any atom is 0.246 e. The SMILES string of the molecule is Cc1ccc(S(=O)(=O)CCC(=O)Nc2ccc(F)c(S(=O)(=O)N3CCOCC3)c2)cc1. The van der Waals surface area contributed by atoms with Gasteiger partial charge in [-0.1, -0.05) is 17.7 Å². The molecule has 0 bridgehead atoms. The number of benzene rings is 2. The van der Waals surface area contributed by atoms with Crippen molar-refractivity contribution >= 4 is 31.5 Å². The van der Waals surface area contributed by atoms with Gasteiger partial charge in [-0.15, -0.1) is 0 Å². The van der Waals surface area contributed by atoms with Crippen molar-refractivity contribution < 1.29 is 30.8 Å². The van der Waals surface area contributed by atoms with Crippen molar-refractivity contribution in [2.75, 3.05) is 37.4 Å². The van der Waals surface area contributed by atoms with Gasteiger partial charge in [0.05, 0.1) is 23.9 Å². The number of amides is 1. The van der Waals surface area contributed by atoms with Gasteiger partial charge in [-0.25, -0.2) is 21.2 Å². The average Bonchev–Trinajstić information content (AvgIpc) is 2.74. The Morgan fingerprint density at radius 2 is 1.71 bits per heavy atom. The summed E-state index contributed by atoms with van der Waals surface area (Å²) in [5, 5.41) is 2.44. The molecule has 0 aliphatic carbocycles. The third-order valence-electron chi connectivity index (χ3n) is 4.78. The molecule has 1 heterocycles. The monoisotopic (exact) mass is 470 g/mol. The molecule has 0 unspecified atom stereocenters. The van der Waals surface area contributed by atoms with Gasteiger partial charge in [0.25, 0.3) is 0 Å². The van der Waals surface area contributed by atoms with E-state index in [9.17, 15) is 26.0 Å². The molecule has 1 amide bonds. The van der Waals surface area contributed by atoms with Crippen LogP contribution in [0, 0.1) is 12.7 Å². The molecule has 168 valence electrons. The summed E-state index contributed by atoms with van der Waals surface area (Å²) in [4.78, 5) is 11.8. The normalized spacial score (nSPS) is 15.5. The van der Waals surface area contributed by atoms with Gasteiger partial charge in [0, 0.05) is 25.2 Å². The number of ether oxygens (including phenoxy) is 1. The Morgan fingerprint density at radius 3 is 2.35 bits per heavy atom. The topological polar surface area (TPSA) is 110 Å². The highest BCUT2D eigenvalue weighted by Crippen LogP contribution is 2.24. The van der Waals surface area contributed by atoms with Gasteiger partial charge in [-0.05, 0) is 37.3 Å². The lowest BCUT2D eigenvalue weighted by atomic mass is 10.2. The summed E-state index contributed by atoms with van der Waals surface area (Å²) < 4.78 is 70.7. The number of sulfonamides is 1. The average molecular weight is 471 g/mol. The van der Waals surface area contributed by atoms with Gasteiger partial charge < -0.3 is 10.1 Å². The van der Waals surface area contributed by atoms with Crippen LogP contribution in [-0.2, 0) is 29.4 Å². The second-order valence-corrected chi connectivity index (χ2v) is 11.1. The number of halogens is 1. The van der Waals surface area contributed by atoms with Crippen LogP contribution >= 0.6 is 0 Å². The molecule has 0 aromatic heterocycles. The third kappa shape index (κ3) is 5.67. The van der Waals surface area contributed by atoms with E-state index >= 15 is 0 Å². The predicted molar refractivity (Wildman–Crippen MR) is 112 cm³/mol. The molecular weight excluding hydrogens is 447 g/mol. The van der Waals surface area contributed by atoms with Crippen LogP contribution in [0.3, 0.4) is 0 Å². The van der Waals surface area contributed by atoms with Crippen molar-refractivity contribution in [3.05, 3.63) is 53.8 Å². The molecular formula is C20H23FN2O6S2. The van der Waals surface area contributed by atoms with E-state index < -0.39 is 42.2 Å². The predicted octanol–water partition coefficient (Wildman–Crippen LogP) is 1.96. The molecule has 8 nitrogen and oxygen atoms in total. The first kappa shape index (κ1) is 23.3. The quantitative estimate of drug-likeness (QED) is 0.663. The fraction of sp³-hybridized carbons (Fsp3) is 0.350. The van der Waals surface area contributed by atoms with Gasteiger partial charge >= 0.3 is 0 Å². The number of anilines is 1.